The van der Waals surface area contributed by atoms with Gasteiger partial charge < -0.3 is 4.74 Å². The highest BCUT2D eigenvalue weighted by atomic mass is 32.2. The van der Waals surface area contributed by atoms with Gasteiger partial charge in [-0.15, -0.1) is 0 Å². The van der Waals surface area contributed by atoms with Crippen LogP contribution in [0.15, 0.2) is 58.7 Å². The topological polar surface area (TPSA) is 71.9 Å². The van der Waals surface area contributed by atoms with E-state index in [2.05, 4.69) is 14.7 Å². The first-order chi connectivity index (χ1) is 12.1. The number of esters is 1. The van der Waals surface area contributed by atoms with E-state index in [1.165, 1.54) is 23.8 Å². The quantitative estimate of drug-likeness (QED) is 0.626. The molecule has 0 atom stereocenters. The van der Waals surface area contributed by atoms with Crippen molar-refractivity contribution in [3.05, 3.63) is 64.8 Å². The van der Waals surface area contributed by atoms with Gasteiger partial charge in [0.25, 0.3) is 5.91 Å². The van der Waals surface area contributed by atoms with Gasteiger partial charge in [0.1, 0.15) is 0 Å². The summed E-state index contributed by atoms with van der Waals surface area (Å²) in [6.07, 6.45) is 5.08. The Balaban J connectivity index is 1.83. The highest BCUT2D eigenvalue weighted by molar-refractivity contribution is 8.18. The molecule has 126 valence electrons. The zero-order chi connectivity index (χ0) is 17.8. The number of hydrogen-bond acceptors (Lipinski definition) is 6. The SMILES string of the molecule is COC(=O)c1ccc(/C=C2\SC(=Nc3cccnc3)N(C)C2=O)cc1. The van der Waals surface area contributed by atoms with Crippen LogP contribution in [0.2, 0.25) is 0 Å². The lowest BCUT2D eigenvalue weighted by Crippen LogP contribution is -2.23. The van der Waals surface area contributed by atoms with Crippen LogP contribution in [0.3, 0.4) is 0 Å². The van der Waals surface area contributed by atoms with Gasteiger partial charge in [0.15, 0.2) is 5.17 Å². The fourth-order valence-corrected chi connectivity index (χ4v) is 3.15. The smallest absolute Gasteiger partial charge is 0.337 e. The number of hydrogen-bond donors (Lipinski definition) is 0. The van der Waals surface area contributed by atoms with E-state index >= 15 is 0 Å². The molecule has 1 saturated heterocycles. The lowest BCUT2D eigenvalue weighted by atomic mass is 10.1. The van der Waals surface area contributed by atoms with Crippen molar-refractivity contribution in [2.24, 2.45) is 4.99 Å². The molecule has 0 aliphatic carbocycles. The first-order valence-electron chi connectivity index (χ1n) is 7.43. The Morgan fingerprint density at radius 3 is 2.68 bits per heavy atom. The largest absolute Gasteiger partial charge is 0.465 e. The molecule has 1 aliphatic rings. The Labute approximate surface area is 149 Å². The third-order valence-corrected chi connectivity index (χ3v) is 4.56. The number of likely N-dealkylation sites (N-methyl/N-ethyl adjacent to an activating group) is 1. The average molecular weight is 353 g/mol. The van der Waals surface area contributed by atoms with Crippen molar-refractivity contribution in [2.75, 3.05) is 14.2 Å². The number of nitrogens with zero attached hydrogens (tertiary/aromatic N) is 3. The number of amidine groups is 1. The van der Waals surface area contributed by atoms with Crippen molar-refractivity contribution in [3.8, 4) is 0 Å². The molecule has 0 radical (unpaired) electrons. The molecule has 1 aromatic heterocycles. The van der Waals surface area contributed by atoms with Crippen molar-refractivity contribution in [1.82, 2.24) is 9.88 Å². The maximum atomic E-state index is 12.4. The first-order valence-corrected chi connectivity index (χ1v) is 8.25. The van der Waals surface area contributed by atoms with Crippen LogP contribution in [0.25, 0.3) is 6.08 Å². The summed E-state index contributed by atoms with van der Waals surface area (Å²) >= 11 is 1.30. The maximum absolute atomic E-state index is 12.4. The Hall–Kier alpha value is -2.93. The van der Waals surface area contributed by atoms with Crippen molar-refractivity contribution < 1.29 is 14.3 Å². The molecule has 0 bridgehead atoms. The second-order valence-electron chi connectivity index (χ2n) is 5.19. The lowest BCUT2D eigenvalue weighted by molar-refractivity contribution is -0.121. The fraction of sp³-hybridized carbons (Fsp3) is 0.111. The highest BCUT2D eigenvalue weighted by Crippen LogP contribution is 2.32. The molecule has 0 unspecified atom stereocenters. The first kappa shape index (κ1) is 16.9. The Kier molecular flexibility index (Phi) is 4.95. The summed E-state index contributed by atoms with van der Waals surface area (Å²) in [7, 11) is 3.02. The van der Waals surface area contributed by atoms with Crippen LogP contribution in [-0.4, -0.2) is 41.1 Å². The van der Waals surface area contributed by atoms with Gasteiger partial charge in [-0.1, -0.05) is 12.1 Å². The summed E-state index contributed by atoms with van der Waals surface area (Å²) in [5, 5.41) is 0.593. The summed E-state index contributed by atoms with van der Waals surface area (Å²) in [6, 6.07) is 10.5. The monoisotopic (exact) mass is 353 g/mol. The molecule has 1 amide bonds. The van der Waals surface area contributed by atoms with E-state index < -0.39 is 5.97 Å². The zero-order valence-corrected chi connectivity index (χ0v) is 14.5. The number of rotatable bonds is 3. The zero-order valence-electron chi connectivity index (χ0n) is 13.7. The van der Waals surface area contributed by atoms with Gasteiger partial charge in [-0.2, -0.15) is 0 Å². The molecular formula is C18H15N3O3S. The highest BCUT2D eigenvalue weighted by Gasteiger charge is 2.30. The minimum atomic E-state index is -0.392. The number of pyridine rings is 1. The molecule has 2 heterocycles. The second kappa shape index (κ2) is 7.31. The van der Waals surface area contributed by atoms with Crippen LogP contribution in [0.5, 0.6) is 0 Å². The van der Waals surface area contributed by atoms with Crippen LogP contribution in [0.1, 0.15) is 15.9 Å². The van der Waals surface area contributed by atoms with E-state index in [-0.39, 0.29) is 5.91 Å². The van der Waals surface area contributed by atoms with E-state index in [0.717, 1.165) is 5.56 Å². The third kappa shape index (κ3) is 3.77. The molecule has 0 spiro atoms. The van der Waals surface area contributed by atoms with Gasteiger partial charge in [-0.25, -0.2) is 9.79 Å². The van der Waals surface area contributed by atoms with E-state index in [1.54, 1.807) is 55.8 Å². The number of benzene rings is 1. The van der Waals surface area contributed by atoms with Gasteiger partial charge in [0, 0.05) is 13.2 Å². The summed E-state index contributed by atoms with van der Waals surface area (Å²) in [6.45, 7) is 0. The van der Waals surface area contributed by atoms with Crippen LogP contribution in [0, 0.1) is 0 Å². The van der Waals surface area contributed by atoms with Crippen molar-refractivity contribution in [3.63, 3.8) is 0 Å². The minimum absolute atomic E-state index is 0.121. The molecular weight excluding hydrogens is 338 g/mol. The molecule has 6 nitrogen and oxygen atoms in total. The van der Waals surface area contributed by atoms with Gasteiger partial charge in [-0.3, -0.25) is 14.7 Å². The number of aromatic nitrogens is 1. The van der Waals surface area contributed by atoms with E-state index in [9.17, 15) is 9.59 Å². The number of carbonyl (C=O) groups excluding carboxylic acids is 2. The van der Waals surface area contributed by atoms with Gasteiger partial charge in [0.2, 0.25) is 0 Å². The average Bonchev–Trinajstić information content (AvgIpc) is 2.90. The van der Waals surface area contributed by atoms with Crippen LogP contribution in [-0.2, 0) is 9.53 Å². The summed E-state index contributed by atoms with van der Waals surface area (Å²) in [5.41, 5.74) is 1.97. The van der Waals surface area contributed by atoms with Gasteiger partial charge in [-0.05, 0) is 47.7 Å². The molecule has 7 heteroatoms. The van der Waals surface area contributed by atoms with Crippen LogP contribution >= 0.6 is 11.8 Å². The predicted octanol–water partition coefficient (Wildman–Crippen LogP) is 3.10. The fourth-order valence-electron chi connectivity index (χ4n) is 2.17. The molecule has 1 aliphatic heterocycles. The normalized spacial score (nSPS) is 17.4. The molecule has 0 N–H and O–H groups in total. The summed E-state index contributed by atoms with van der Waals surface area (Å²) < 4.78 is 4.67. The van der Waals surface area contributed by atoms with E-state index in [1.807, 2.05) is 6.07 Å². The van der Waals surface area contributed by atoms with Gasteiger partial charge in [0.05, 0.1) is 29.5 Å². The van der Waals surface area contributed by atoms with Crippen molar-refractivity contribution >= 4 is 40.6 Å². The van der Waals surface area contributed by atoms with Crippen molar-refractivity contribution in [1.29, 1.82) is 0 Å². The predicted molar refractivity (Wildman–Crippen MR) is 97.5 cm³/mol. The third-order valence-electron chi connectivity index (χ3n) is 3.50. The second-order valence-corrected chi connectivity index (χ2v) is 6.20. The molecule has 3 rings (SSSR count). The number of methoxy groups -OCH3 is 1. The molecule has 1 aromatic carbocycles. The Morgan fingerprint density at radius 1 is 1.28 bits per heavy atom. The number of aliphatic imine (C=N–C) groups is 1. The number of carbonyl (C=O) groups is 2. The number of amides is 1. The summed E-state index contributed by atoms with van der Waals surface area (Å²) in [4.78, 5) is 34.4. The van der Waals surface area contributed by atoms with E-state index in [4.69, 9.17) is 0 Å². The van der Waals surface area contributed by atoms with Gasteiger partial charge >= 0.3 is 5.97 Å². The Bertz CT molecular complexity index is 861. The van der Waals surface area contributed by atoms with Crippen molar-refractivity contribution in [2.45, 2.75) is 0 Å². The minimum Gasteiger partial charge on any atom is -0.465 e. The summed E-state index contributed by atoms with van der Waals surface area (Å²) in [5.74, 6) is -0.513. The molecule has 1 fully saturated rings. The number of thioether (sulfide) groups is 1. The van der Waals surface area contributed by atoms with Crippen LogP contribution < -0.4 is 0 Å². The van der Waals surface area contributed by atoms with Crippen LogP contribution in [0.4, 0.5) is 5.69 Å². The Morgan fingerprint density at radius 2 is 2.04 bits per heavy atom. The lowest BCUT2D eigenvalue weighted by Gasteiger charge is -2.06. The molecule has 25 heavy (non-hydrogen) atoms. The molecule has 0 saturated carbocycles. The standard InChI is InChI=1S/C18H15N3O3S/c1-21-16(22)15(25-18(21)20-14-4-3-9-19-11-14)10-12-5-7-13(8-6-12)17(23)24-2/h3-11H,1-2H3/b15-10-,20-18?. The maximum Gasteiger partial charge on any atom is 0.337 e. The number of ether oxygens (including phenoxy) is 1. The van der Waals surface area contributed by atoms with E-state index in [0.29, 0.717) is 21.3 Å². The molecule has 2 aromatic rings.